The molecule has 1 atom stereocenters. The second-order valence-corrected chi connectivity index (χ2v) is 7.27. The topological polar surface area (TPSA) is 78.5 Å². The zero-order valence-electron chi connectivity index (χ0n) is 14.2. The average Bonchev–Trinajstić information content (AvgIpc) is 2.73. The van der Waals surface area contributed by atoms with Gasteiger partial charge in [0.1, 0.15) is 0 Å². The summed E-state index contributed by atoms with van der Waals surface area (Å²) in [6, 6.07) is 4.85. The van der Waals surface area contributed by atoms with Crippen molar-refractivity contribution < 1.29 is 27.6 Å². The first-order valence-corrected chi connectivity index (χ1v) is 7.94. The first kappa shape index (κ1) is 20.0. The van der Waals surface area contributed by atoms with Crippen molar-refractivity contribution in [3.63, 3.8) is 0 Å². The smallest absolute Gasteiger partial charge is 0.317 e. The van der Waals surface area contributed by atoms with E-state index in [0.717, 1.165) is 0 Å². The van der Waals surface area contributed by atoms with E-state index in [2.05, 4.69) is 0 Å². The summed E-state index contributed by atoms with van der Waals surface area (Å²) >= 11 is 5.94. The largest absolute Gasteiger partial charge is 0.440 e. The summed E-state index contributed by atoms with van der Waals surface area (Å²) in [4.78, 5) is 37.1. The van der Waals surface area contributed by atoms with Crippen molar-refractivity contribution in [2.75, 3.05) is 0 Å². The second kappa shape index (κ2) is 6.46. The zero-order valence-corrected chi connectivity index (χ0v) is 15.0. The van der Waals surface area contributed by atoms with Crippen LogP contribution in [0.3, 0.4) is 0 Å². The van der Waals surface area contributed by atoms with Crippen LogP contribution in [0.2, 0.25) is 5.02 Å². The maximum absolute atomic E-state index is 13.7. The Balaban J connectivity index is 2.40. The van der Waals surface area contributed by atoms with Gasteiger partial charge in [-0.05, 0) is 11.6 Å². The highest BCUT2D eigenvalue weighted by Crippen LogP contribution is 2.35. The zero-order chi connectivity index (χ0) is 19.9. The van der Waals surface area contributed by atoms with Gasteiger partial charge in [-0.3, -0.25) is 19.8 Å². The summed E-state index contributed by atoms with van der Waals surface area (Å²) in [5, 5.41) is 3.44. The van der Waals surface area contributed by atoms with Crippen LogP contribution in [-0.4, -0.2) is 34.6 Å². The molecular formula is C16H17ClF3N3O3. The van der Waals surface area contributed by atoms with Crippen molar-refractivity contribution in [3.8, 4) is 0 Å². The number of urea groups is 1. The molecule has 142 valence electrons. The maximum Gasteiger partial charge on any atom is 0.440 e. The van der Waals surface area contributed by atoms with Crippen LogP contribution >= 0.6 is 11.6 Å². The molecule has 26 heavy (non-hydrogen) atoms. The van der Waals surface area contributed by atoms with Crippen molar-refractivity contribution in [1.29, 1.82) is 0 Å². The van der Waals surface area contributed by atoms with Gasteiger partial charge in [0.15, 0.2) is 0 Å². The van der Waals surface area contributed by atoms with Crippen LogP contribution < -0.4 is 10.6 Å². The molecule has 2 N–H and O–H groups in total. The first-order valence-electron chi connectivity index (χ1n) is 7.56. The van der Waals surface area contributed by atoms with Gasteiger partial charge in [0.2, 0.25) is 5.91 Å². The van der Waals surface area contributed by atoms with E-state index in [1.807, 2.05) is 0 Å². The summed E-state index contributed by atoms with van der Waals surface area (Å²) in [6.07, 6.45) is -5.24. The standard InChI is InChI=1S/C16H17ClF3N3O3/c1-14(2,3)11(24)21-15(16(18,19)20)12(25)23(13(26)22-15)8-9-6-4-5-7-10(9)17/h4-7H,8H2,1-3H3,(H,21,24)(H,22,26). The highest BCUT2D eigenvalue weighted by molar-refractivity contribution is 6.31. The second-order valence-electron chi connectivity index (χ2n) is 6.86. The predicted octanol–water partition coefficient (Wildman–Crippen LogP) is 2.81. The first-order chi connectivity index (χ1) is 11.8. The van der Waals surface area contributed by atoms with Crippen molar-refractivity contribution in [1.82, 2.24) is 15.5 Å². The third-order valence-corrected chi connectivity index (χ3v) is 4.17. The molecule has 0 spiro atoms. The van der Waals surface area contributed by atoms with Gasteiger partial charge in [-0.15, -0.1) is 0 Å². The Labute approximate surface area is 152 Å². The van der Waals surface area contributed by atoms with Crippen LogP contribution in [-0.2, 0) is 16.1 Å². The van der Waals surface area contributed by atoms with Gasteiger partial charge in [0.25, 0.3) is 11.6 Å². The number of amides is 4. The van der Waals surface area contributed by atoms with Crippen LogP contribution in [0.1, 0.15) is 26.3 Å². The summed E-state index contributed by atoms with van der Waals surface area (Å²) in [5.74, 6) is -2.66. The number of hydrogen-bond acceptors (Lipinski definition) is 3. The van der Waals surface area contributed by atoms with Gasteiger partial charge in [-0.1, -0.05) is 50.6 Å². The van der Waals surface area contributed by atoms with Gasteiger partial charge in [-0.2, -0.15) is 13.2 Å². The van der Waals surface area contributed by atoms with E-state index in [1.54, 1.807) is 22.8 Å². The fourth-order valence-corrected chi connectivity index (χ4v) is 2.42. The van der Waals surface area contributed by atoms with Crippen molar-refractivity contribution in [2.45, 2.75) is 39.2 Å². The summed E-state index contributed by atoms with van der Waals surface area (Å²) in [7, 11) is 0. The van der Waals surface area contributed by atoms with Crippen LogP contribution in [0, 0.1) is 5.41 Å². The molecule has 1 unspecified atom stereocenters. The molecule has 1 saturated heterocycles. The molecule has 6 nitrogen and oxygen atoms in total. The Morgan fingerprint density at radius 2 is 1.81 bits per heavy atom. The number of nitrogens with one attached hydrogen (secondary N) is 2. The molecule has 0 aromatic heterocycles. The molecule has 1 aliphatic rings. The lowest BCUT2D eigenvalue weighted by Crippen LogP contribution is -2.70. The van der Waals surface area contributed by atoms with E-state index in [-0.39, 0.29) is 10.6 Å². The number of carbonyl (C=O) groups excluding carboxylic acids is 3. The van der Waals surface area contributed by atoms with E-state index in [9.17, 15) is 27.6 Å². The number of alkyl halides is 3. The average molecular weight is 392 g/mol. The van der Waals surface area contributed by atoms with Crippen LogP contribution in [0.4, 0.5) is 18.0 Å². The molecule has 0 saturated carbocycles. The minimum atomic E-state index is -5.24. The van der Waals surface area contributed by atoms with Crippen molar-refractivity contribution in [2.24, 2.45) is 5.41 Å². The van der Waals surface area contributed by atoms with E-state index in [1.165, 1.54) is 32.9 Å². The molecule has 1 aromatic carbocycles. The molecule has 1 fully saturated rings. The molecule has 10 heteroatoms. The number of benzene rings is 1. The number of rotatable bonds is 3. The van der Waals surface area contributed by atoms with Gasteiger partial charge >= 0.3 is 12.2 Å². The minimum Gasteiger partial charge on any atom is -0.317 e. The lowest BCUT2D eigenvalue weighted by atomic mass is 9.94. The van der Waals surface area contributed by atoms with Crippen LogP contribution in [0.15, 0.2) is 24.3 Å². The van der Waals surface area contributed by atoms with Gasteiger partial charge in [-0.25, -0.2) is 4.79 Å². The lowest BCUT2D eigenvalue weighted by molar-refractivity contribution is -0.205. The Morgan fingerprint density at radius 1 is 1.23 bits per heavy atom. The number of hydrogen-bond donors (Lipinski definition) is 2. The Morgan fingerprint density at radius 3 is 2.31 bits per heavy atom. The predicted molar refractivity (Wildman–Crippen MR) is 86.9 cm³/mol. The normalized spacial score (nSPS) is 21.0. The molecule has 1 aliphatic heterocycles. The Bertz CT molecular complexity index is 761. The Hall–Kier alpha value is -2.29. The van der Waals surface area contributed by atoms with Gasteiger partial charge < -0.3 is 5.32 Å². The number of halogens is 4. The maximum atomic E-state index is 13.7. The molecule has 0 aliphatic carbocycles. The SMILES string of the molecule is CC(C)(C)C(=O)NC1(C(F)(F)F)NC(=O)N(Cc2ccccc2Cl)C1=O. The van der Waals surface area contributed by atoms with E-state index in [4.69, 9.17) is 11.6 Å². The fraction of sp³-hybridized carbons (Fsp3) is 0.438. The summed E-state index contributed by atoms with van der Waals surface area (Å²) in [6.45, 7) is 3.69. The number of nitrogens with zero attached hydrogens (tertiary/aromatic N) is 1. The lowest BCUT2D eigenvalue weighted by Gasteiger charge is -2.32. The monoisotopic (exact) mass is 391 g/mol. The van der Waals surface area contributed by atoms with Gasteiger partial charge in [0.05, 0.1) is 6.54 Å². The molecule has 1 aromatic rings. The molecular weight excluding hydrogens is 375 g/mol. The van der Waals surface area contributed by atoms with Crippen LogP contribution in [0.25, 0.3) is 0 Å². The van der Waals surface area contributed by atoms with Crippen molar-refractivity contribution >= 4 is 29.4 Å². The number of imide groups is 1. The van der Waals surface area contributed by atoms with Crippen LogP contribution in [0.5, 0.6) is 0 Å². The number of carbonyl (C=O) groups is 3. The van der Waals surface area contributed by atoms with Crippen molar-refractivity contribution in [3.05, 3.63) is 34.9 Å². The van der Waals surface area contributed by atoms with E-state index in [0.29, 0.717) is 4.90 Å². The molecule has 0 bridgehead atoms. The molecule has 1 heterocycles. The fourth-order valence-electron chi connectivity index (χ4n) is 2.22. The quantitative estimate of drug-likeness (QED) is 0.778. The molecule has 4 amide bonds. The highest BCUT2D eigenvalue weighted by Gasteiger charge is 2.69. The van der Waals surface area contributed by atoms with E-state index < -0.39 is 41.6 Å². The Kier molecular flexibility index (Phi) is 4.97. The summed E-state index contributed by atoms with van der Waals surface area (Å²) in [5.41, 5.74) is -4.44. The molecule has 2 rings (SSSR count). The third kappa shape index (κ3) is 3.48. The highest BCUT2D eigenvalue weighted by atomic mass is 35.5. The summed E-state index contributed by atoms with van der Waals surface area (Å²) < 4.78 is 41.0. The molecule has 0 radical (unpaired) electrons. The third-order valence-electron chi connectivity index (χ3n) is 3.80. The minimum absolute atomic E-state index is 0.191. The van der Waals surface area contributed by atoms with E-state index >= 15 is 0 Å². The van der Waals surface area contributed by atoms with Gasteiger partial charge in [0, 0.05) is 10.4 Å².